The Hall–Kier alpha value is -0.120. The second-order valence-corrected chi connectivity index (χ2v) is 3.83. The Morgan fingerprint density at radius 2 is 2.08 bits per heavy atom. The lowest BCUT2D eigenvalue weighted by molar-refractivity contribution is -0.180. The first-order valence-electron chi connectivity index (χ1n) is 4.91. The van der Waals surface area contributed by atoms with Gasteiger partial charge in [0.1, 0.15) is 0 Å². The lowest BCUT2D eigenvalue weighted by atomic mass is 9.99. The SMILES string of the molecule is CNCCCN1CC2CC(C1)O2. The zero-order chi connectivity index (χ0) is 8.39. The number of hydrogen-bond acceptors (Lipinski definition) is 3. The van der Waals surface area contributed by atoms with Gasteiger partial charge in [0.25, 0.3) is 0 Å². The molecule has 3 aliphatic rings. The minimum absolute atomic E-state index is 0.568. The summed E-state index contributed by atoms with van der Waals surface area (Å²) in [5.41, 5.74) is 0. The van der Waals surface area contributed by atoms with Crippen molar-refractivity contribution < 1.29 is 4.74 Å². The van der Waals surface area contributed by atoms with E-state index in [1.807, 2.05) is 7.05 Å². The van der Waals surface area contributed by atoms with Crippen molar-refractivity contribution in [2.45, 2.75) is 25.0 Å². The molecule has 0 spiro atoms. The van der Waals surface area contributed by atoms with Crippen LogP contribution in [-0.4, -0.2) is 50.3 Å². The van der Waals surface area contributed by atoms with Crippen LogP contribution in [0.2, 0.25) is 0 Å². The molecule has 0 aromatic carbocycles. The molecule has 3 saturated heterocycles. The van der Waals surface area contributed by atoms with Crippen LogP contribution in [0.5, 0.6) is 0 Å². The summed E-state index contributed by atoms with van der Waals surface area (Å²) < 4.78 is 5.55. The minimum atomic E-state index is 0.568. The summed E-state index contributed by atoms with van der Waals surface area (Å²) in [5, 5.41) is 3.17. The monoisotopic (exact) mass is 170 g/mol. The second-order valence-electron chi connectivity index (χ2n) is 3.83. The number of nitrogens with one attached hydrogen (secondary N) is 1. The van der Waals surface area contributed by atoms with Crippen LogP contribution in [0.4, 0.5) is 0 Å². The largest absolute Gasteiger partial charge is 0.372 e. The van der Waals surface area contributed by atoms with Gasteiger partial charge in [0.05, 0.1) is 12.2 Å². The van der Waals surface area contributed by atoms with Crippen molar-refractivity contribution in [2.24, 2.45) is 0 Å². The van der Waals surface area contributed by atoms with E-state index in [1.54, 1.807) is 0 Å². The quantitative estimate of drug-likeness (QED) is 0.604. The molecule has 0 aromatic heterocycles. The Bertz CT molecular complexity index is 135. The van der Waals surface area contributed by atoms with E-state index in [2.05, 4.69) is 10.2 Å². The molecule has 3 aliphatic heterocycles. The molecule has 2 unspecified atom stereocenters. The summed E-state index contributed by atoms with van der Waals surface area (Å²) in [6.07, 6.45) is 3.70. The summed E-state index contributed by atoms with van der Waals surface area (Å²) in [5.74, 6) is 0. The summed E-state index contributed by atoms with van der Waals surface area (Å²) in [4.78, 5) is 2.53. The number of piperidine rings is 1. The topological polar surface area (TPSA) is 24.5 Å². The number of nitrogens with zero attached hydrogens (tertiary/aromatic N) is 1. The third-order valence-electron chi connectivity index (χ3n) is 2.74. The third-order valence-corrected chi connectivity index (χ3v) is 2.74. The zero-order valence-corrected chi connectivity index (χ0v) is 7.75. The van der Waals surface area contributed by atoms with E-state index in [4.69, 9.17) is 4.74 Å². The molecule has 0 aromatic rings. The first-order valence-corrected chi connectivity index (χ1v) is 4.91. The highest BCUT2D eigenvalue weighted by molar-refractivity contribution is 4.88. The van der Waals surface area contributed by atoms with Gasteiger partial charge < -0.3 is 10.1 Å². The molecular formula is C9H18N2O. The van der Waals surface area contributed by atoms with Crippen LogP contribution in [0.3, 0.4) is 0 Å². The molecule has 2 bridgehead atoms. The molecule has 1 N–H and O–H groups in total. The Morgan fingerprint density at radius 3 is 2.67 bits per heavy atom. The maximum absolute atomic E-state index is 5.55. The molecule has 12 heavy (non-hydrogen) atoms. The van der Waals surface area contributed by atoms with Gasteiger partial charge in [-0.25, -0.2) is 0 Å². The summed E-state index contributed by atoms with van der Waals surface area (Å²) >= 11 is 0. The fourth-order valence-corrected chi connectivity index (χ4v) is 2.10. The average molecular weight is 170 g/mol. The molecule has 0 radical (unpaired) electrons. The molecule has 3 heteroatoms. The van der Waals surface area contributed by atoms with Gasteiger partial charge in [0.2, 0.25) is 0 Å². The van der Waals surface area contributed by atoms with E-state index in [-0.39, 0.29) is 0 Å². The van der Waals surface area contributed by atoms with Crippen LogP contribution in [0.1, 0.15) is 12.8 Å². The van der Waals surface area contributed by atoms with Crippen molar-refractivity contribution in [3.63, 3.8) is 0 Å². The van der Waals surface area contributed by atoms with Crippen molar-refractivity contribution in [2.75, 3.05) is 33.2 Å². The number of morpholine rings is 1. The first kappa shape index (κ1) is 8.48. The Kier molecular flexibility index (Phi) is 2.63. The van der Waals surface area contributed by atoms with Crippen LogP contribution in [0.15, 0.2) is 0 Å². The van der Waals surface area contributed by atoms with Crippen molar-refractivity contribution in [3.8, 4) is 0 Å². The molecule has 3 fully saturated rings. The van der Waals surface area contributed by atoms with E-state index in [1.165, 1.54) is 32.5 Å². The van der Waals surface area contributed by atoms with Crippen LogP contribution < -0.4 is 5.32 Å². The second kappa shape index (κ2) is 3.73. The molecule has 3 rings (SSSR count). The minimum Gasteiger partial charge on any atom is -0.372 e. The van der Waals surface area contributed by atoms with Crippen molar-refractivity contribution in [1.29, 1.82) is 0 Å². The Labute approximate surface area is 74.1 Å². The van der Waals surface area contributed by atoms with E-state index in [9.17, 15) is 0 Å². The highest BCUT2D eigenvalue weighted by Crippen LogP contribution is 2.27. The lowest BCUT2D eigenvalue weighted by Gasteiger charge is -2.47. The van der Waals surface area contributed by atoms with Gasteiger partial charge in [-0.05, 0) is 26.6 Å². The lowest BCUT2D eigenvalue weighted by Crippen LogP contribution is -2.57. The fourth-order valence-electron chi connectivity index (χ4n) is 2.10. The predicted octanol–water partition coefficient (Wildman–Crippen LogP) is 0.0690. The van der Waals surface area contributed by atoms with Crippen molar-refractivity contribution >= 4 is 0 Å². The summed E-state index contributed by atoms with van der Waals surface area (Å²) in [6.45, 7) is 4.70. The van der Waals surface area contributed by atoms with Crippen LogP contribution >= 0.6 is 0 Å². The third kappa shape index (κ3) is 1.79. The Morgan fingerprint density at radius 1 is 1.42 bits per heavy atom. The van der Waals surface area contributed by atoms with Gasteiger partial charge >= 0.3 is 0 Å². The molecule has 3 heterocycles. The van der Waals surface area contributed by atoms with Gasteiger partial charge in [-0.15, -0.1) is 0 Å². The normalized spacial score (nSPS) is 34.8. The van der Waals surface area contributed by atoms with Gasteiger partial charge in [-0.3, -0.25) is 4.90 Å². The van der Waals surface area contributed by atoms with Gasteiger partial charge in [-0.1, -0.05) is 0 Å². The maximum Gasteiger partial charge on any atom is 0.0731 e. The van der Waals surface area contributed by atoms with Crippen molar-refractivity contribution in [1.82, 2.24) is 10.2 Å². The molecule has 2 atom stereocenters. The standard InChI is InChI=1S/C9H18N2O/c1-10-3-2-4-11-6-8-5-9(7-11)12-8/h8-10H,2-7H2,1H3. The average Bonchev–Trinajstić information content (AvgIpc) is 2.04. The highest BCUT2D eigenvalue weighted by atomic mass is 16.5. The summed E-state index contributed by atoms with van der Waals surface area (Å²) in [7, 11) is 2.01. The smallest absolute Gasteiger partial charge is 0.0731 e. The van der Waals surface area contributed by atoms with Gasteiger partial charge in [-0.2, -0.15) is 0 Å². The zero-order valence-electron chi connectivity index (χ0n) is 7.75. The van der Waals surface area contributed by atoms with Gasteiger partial charge in [0, 0.05) is 19.5 Å². The first-order chi connectivity index (χ1) is 5.88. The van der Waals surface area contributed by atoms with Crippen LogP contribution in [0, 0.1) is 0 Å². The molecule has 3 nitrogen and oxygen atoms in total. The van der Waals surface area contributed by atoms with Gasteiger partial charge in [0.15, 0.2) is 0 Å². The fraction of sp³-hybridized carbons (Fsp3) is 1.00. The summed E-state index contributed by atoms with van der Waals surface area (Å²) in [6, 6.07) is 0. The van der Waals surface area contributed by atoms with Crippen LogP contribution in [-0.2, 0) is 4.74 Å². The number of rotatable bonds is 4. The Balaban J connectivity index is 1.62. The van der Waals surface area contributed by atoms with E-state index in [0.717, 1.165) is 6.54 Å². The van der Waals surface area contributed by atoms with E-state index >= 15 is 0 Å². The van der Waals surface area contributed by atoms with Crippen molar-refractivity contribution in [3.05, 3.63) is 0 Å². The number of fused-ring (bicyclic) bond motifs is 2. The molecule has 0 aliphatic carbocycles. The van der Waals surface area contributed by atoms with E-state index in [0.29, 0.717) is 12.2 Å². The van der Waals surface area contributed by atoms with E-state index < -0.39 is 0 Å². The molecule has 0 saturated carbocycles. The maximum atomic E-state index is 5.55. The molecule has 0 amide bonds. The molecule has 70 valence electrons. The predicted molar refractivity (Wildman–Crippen MR) is 48.3 cm³/mol. The number of ether oxygens (including phenoxy) is 1. The van der Waals surface area contributed by atoms with Crippen LogP contribution in [0.25, 0.3) is 0 Å². The molecular weight excluding hydrogens is 152 g/mol. The highest BCUT2D eigenvalue weighted by Gasteiger charge is 2.37. The number of hydrogen-bond donors (Lipinski definition) is 1.